The van der Waals surface area contributed by atoms with Crippen LogP contribution in [0.3, 0.4) is 0 Å². The van der Waals surface area contributed by atoms with Gasteiger partial charge >= 0.3 is 0 Å². The van der Waals surface area contributed by atoms with Crippen molar-refractivity contribution in [3.8, 4) is 0 Å². The summed E-state index contributed by atoms with van der Waals surface area (Å²) in [5.41, 5.74) is 0. The summed E-state index contributed by atoms with van der Waals surface area (Å²) in [6.45, 7) is 0. The summed E-state index contributed by atoms with van der Waals surface area (Å²) in [5, 5.41) is 1.99. The molecule has 0 spiro atoms. The molecule has 0 fully saturated rings. The first kappa shape index (κ1) is 12.6. The van der Waals surface area contributed by atoms with Crippen molar-refractivity contribution in [2.45, 2.75) is 0 Å². The Labute approximate surface area is 82.6 Å². The summed E-state index contributed by atoms with van der Waals surface area (Å²) >= 11 is 0. The highest BCUT2D eigenvalue weighted by molar-refractivity contribution is 5.95. The van der Waals surface area contributed by atoms with Gasteiger partial charge in [-0.25, -0.2) is 10.1 Å². The van der Waals surface area contributed by atoms with Crippen molar-refractivity contribution in [2.24, 2.45) is 0 Å². The number of carbonyl (C=O) groups excluding carboxylic acids is 2. The zero-order chi connectivity index (χ0) is 11.1. The molecule has 0 radical (unpaired) electrons. The molecule has 0 aromatic heterocycles. The van der Waals surface area contributed by atoms with Crippen LogP contribution in [0.25, 0.3) is 0 Å². The number of carbonyl (C=O) groups is 2. The number of amides is 2. The van der Waals surface area contributed by atoms with E-state index in [2.05, 4.69) is 9.68 Å². The first-order valence-corrected chi connectivity index (χ1v) is 3.84. The van der Waals surface area contributed by atoms with Crippen molar-refractivity contribution < 1.29 is 19.3 Å². The number of hydrogen-bond acceptors (Lipinski definition) is 4. The Balaban J connectivity index is 4.17. The van der Waals surface area contributed by atoms with Gasteiger partial charge in [0.25, 0.3) is 11.8 Å². The van der Waals surface area contributed by atoms with Crippen molar-refractivity contribution in [3.63, 3.8) is 0 Å². The normalized spacial score (nSPS) is 10.3. The van der Waals surface area contributed by atoms with E-state index in [1.165, 1.54) is 28.3 Å². The Morgan fingerprint density at radius 2 is 1.21 bits per heavy atom. The maximum atomic E-state index is 11.1. The Bertz CT molecular complexity index is 215. The Morgan fingerprint density at radius 1 is 0.929 bits per heavy atom. The Kier molecular flexibility index (Phi) is 5.50. The van der Waals surface area contributed by atoms with Crippen molar-refractivity contribution in [3.05, 3.63) is 12.2 Å². The molecule has 0 unspecified atom stereocenters. The Hall–Kier alpha value is -1.40. The first-order chi connectivity index (χ1) is 6.52. The summed E-state index contributed by atoms with van der Waals surface area (Å²) < 4.78 is 0. The zero-order valence-corrected chi connectivity index (χ0v) is 8.68. The van der Waals surface area contributed by atoms with Gasteiger partial charge in [-0.3, -0.25) is 19.3 Å². The molecule has 0 saturated heterocycles. The van der Waals surface area contributed by atoms with Gasteiger partial charge in [0.1, 0.15) is 0 Å². The van der Waals surface area contributed by atoms with E-state index in [1.54, 1.807) is 0 Å². The highest BCUT2D eigenvalue weighted by Gasteiger charge is 2.06. The molecule has 0 aromatic rings. The molecule has 80 valence electrons. The maximum absolute atomic E-state index is 11.1. The van der Waals surface area contributed by atoms with E-state index in [9.17, 15) is 9.59 Å². The number of hydroxylamine groups is 4. The van der Waals surface area contributed by atoms with E-state index in [4.69, 9.17) is 0 Å². The van der Waals surface area contributed by atoms with Gasteiger partial charge in [0.2, 0.25) is 0 Å². The van der Waals surface area contributed by atoms with Crippen molar-refractivity contribution in [2.75, 3.05) is 28.3 Å². The second-order valence-corrected chi connectivity index (χ2v) is 2.37. The number of likely N-dealkylation sites (N-methyl/N-ethyl adjacent to an activating group) is 2. The smallest absolute Gasteiger partial charge is 0.270 e. The summed E-state index contributed by atoms with van der Waals surface area (Å²) in [6, 6.07) is 0. The lowest BCUT2D eigenvalue weighted by Crippen LogP contribution is -2.26. The first-order valence-electron chi connectivity index (χ1n) is 3.84. The molecule has 0 aliphatic heterocycles. The minimum absolute atomic E-state index is 0.426. The van der Waals surface area contributed by atoms with E-state index in [0.717, 1.165) is 22.3 Å². The third kappa shape index (κ3) is 4.01. The fraction of sp³-hybridized carbons (Fsp3) is 0.500. The molecule has 6 heteroatoms. The molecule has 2 amide bonds. The summed E-state index contributed by atoms with van der Waals surface area (Å²) in [6.07, 6.45) is 2.20. The lowest BCUT2D eigenvalue weighted by molar-refractivity contribution is -0.164. The minimum atomic E-state index is -0.426. The third-order valence-corrected chi connectivity index (χ3v) is 1.54. The molecule has 0 rings (SSSR count). The molecule has 0 aromatic carbocycles. The van der Waals surface area contributed by atoms with Crippen LogP contribution in [0.1, 0.15) is 0 Å². The molecule has 0 N–H and O–H groups in total. The van der Waals surface area contributed by atoms with Crippen LogP contribution in [-0.4, -0.2) is 50.3 Å². The minimum Gasteiger partial charge on any atom is -0.274 e. The van der Waals surface area contributed by atoms with Crippen molar-refractivity contribution in [1.29, 1.82) is 0 Å². The standard InChI is InChI=1S/C8H14N2O4/c1-9(13-3)7(11)5-6-8(12)10(2)14-4/h5-6H,1-4H3/b6-5+. The lowest BCUT2D eigenvalue weighted by atomic mass is 10.4. The van der Waals surface area contributed by atoms with Gasteiger partial charge < -0.3 is 0 Å². The van der Waals surface area contributed by atoms with Gasteiger partial charge in [0.15, 0.2) is 0 Å². The fourth-order valence-corrected chi connectivity index (χ4v) is 0.532. The van der Waals surface area contributed by atoms with Crippen LogP contribution in [-0.2, 0) is 19.3 Å². The SMILES string of the molecule is CON(C)C(=O)/C=C/C(=O)N(C)OC. The lowest BCUT2D eigenvalue weighted by Gasteiger charge is -2.12. The molecular formula is C8H14N2O4. The van der Waals surface area contributed by atoms with Crippen LogP contribution in [0.15, 0.2) is 12.2 Å². The average molecular weight is 202 g/mol. The van der Waals surface area contributed by atoms with E-state index in [0.29, 0.717) is 0 Å². The molecule has 0 bridgehead atoms. The van der Waals surface area contributed by atoms with Crippen molar-refractivity contribution >= 4 is 11.8 Å². The van der Waals surface area contributed by atoms with Gasteiger partial charge in [0, 0.05) is 26.2 Å². The van der Waals surface area contributed by atoms with Crippen LogP contribution in [0, 0.1) is 0 Å². The van der Waals surface area contributed by atoms with Crippen LogP contribution < -0.4 is 0 Å². The van der Waals surface area contributed by atoms with Gasteiger partial charge in [-0.1, -0.05) is 0 Å². The predicted octanol–water partition coefficient (Wildman–Crippen LogP) is -0.418. The van der Waals surface area contributed by atoms with Crippen LogP contribution in [0.5, 0.6) is 0 Å². The molecule has 14 heavy (non-hydrogen) atoms. The number of rotatable bonds is 4. The topological polar surface area (TPSA) is 59.1 Å². The second-order valence-electron chi connectivity index (χ2n) is 2.37. The quantitative estimate of drug-likeness (QED) is 0.459. The monoisotopic (exact) mass is 202 g/mol. The van der Waals surface area contributed by atoms with Crippen LogP contribution in [0.4, 0.5) is 0 Å². The average Bonchev–Trinajstić information content (AvgIpc) is 2.22. The van der Waals surface area contributed by atoms with Gasteiger partial charge in [-0.15, -0.1) is 0 Å². The number of nitrogens with zero attached hydrogens (tertiary/aromatic N) is 2. The number of hydrogen-bond donors (Lipinski definition) is 0. The molecule has 0 heterocycles. The van der Waals surface area contributed by atoms with E-state index in [1.807, 2.05) is 0 Å². The molecular weight excluding hydrogens is 188 g/mol. The molecule has 0 atom stereocenters. The van der Waals surface area contributed by atoms with Crippen LogP contribution in [0.2, 0.25) is 0 Å². The van der Waals surface area contributed by atoms with Crippen LogP contribution >= 0.6 is 0 Å². The third-order valence-electron chi connectivity index (χ3n) is 1.54. The highest BCUT2D eigenvalue weighted by atomic mass is 16.7. The Morgan fingerprint density at radius 3 is 1.43 bits per heavy atom. The largest absolute Gasteiger partial charge is 0.274 e. The highest BCUT2D eigenvalue weighted by Crippen LogP contribution is 1.90. The molecule has 0 aliphatic rings. The summed E-state index contributed by atoms with van der Waals surface area (Å²) in [7, 11) is 5.60. The second kappa shape index (κ2) is 6.11. The summed E-state index contributed by atoms with van der Waals surface area (Å²) in [4.78, 5) is 31.4. The van der Waals surface area contributed by atoms with Gasteiger partial charge in [0.05, 0.1) is 14.2 Å². The molecule has 0 aliphatic carbocycles. The van der Waals surface area contributed by atoms with E-state index in [-0.39, 0.29) is 0 Å². The van der Waals surface area contributed by atoms with E-state index >= 15 is 0 Å². The fourth-order valence-electron chi connectivity index (χ4n) is 0.532. The predicted molar refractivity (Wildman–Crippen MR) is 48.7 cm³/mol. The molecule has 6 nitrogen and oxygen atoms in total. The molecule has 0 saturated carbocycles. The zero-order valence-electron chi connectivity index (χ0n) is 8.68. The maximum Gasteiger partial charge on any atom is 0.270 e. The van der Waals surface area contributed by atoms with Gasteiger partial charge in [-0.2, -0.15) is 0 Å². The summed E-state index contributed by atoms with van der Waals surface area (Å²) in [5.74, 6) is -0.851. The van der Waals surface area contributed by atoms with E-state index < -0.39 is 11.8 Å². The van der Waals surface area contributed by atoms with Gasteiger partial charge in [-0.05, 0) is 0 Å². The van der Waals surface area contributed by atoms with Crippen molar-refractivity contribution in [1.82, 2.24) is 10.1 Å².